The first-order chi connectivity index (χ1) is 19.9. The molecule has 2 atom stereocenters. The Hall–Kier alpha value is -4.34. The minimum absolute atomic E-state index is 0.210. The predicted octanol–water partition coefficient (Wildman–Crippen LogP) is 3.97. The van der Waals surface area contributed by atoms with E-state index < -0.39 is 0 Å². The van der Waals surface area contributed by atoms with Crippen LogP contribution in [0.15, 0.2) is 72.8 Å². The summed E-state index contributed by atoms with van der Waals surface area (Å²) in [4.78, 5) is 32.8. The van der Waals surface area contributed by atoms with Gasteiger partial charge in [-0.05, 0) is 60.2 Å². The number of pyridine rings is 1. The van der Waals surface area contributed by atoms with Crippen LogP contribution in [-0.4, -0.2) is 60.7 Å². The average Bonchev–Trinajstić information content (AvgIpc) is 3.34. The third-order valence-corrected chi connectivity index (χ3v) is 7.47. The van der Waals surface area contributed by atoms with Crippen LogP contribution in [0.25, 0.3) is 10.9 Å². The molecule has 10 heteroatoms. The third kappa shape index (κ3) is 6.21. The van der Waals surface area contributed by atoms with E-state index in [1.807, 2.05) is 54.6 Å². The van der Waals surface area contributed by atoms with Crippen molar-refractivity contribution >= 4 is 34.3 Å². The van der Waals surface area contributed by atoms with Gasteiger partial charge in [-0.2, -0.15) is 0 Å². The molecule has 3 aliphatic heterocycles. The molecule has 0 saturated carbocycles. The van der Waals surface area contributed by atoms with E-state index in [1.165, 1.54) is 7.11 Å². The van der Waals surface area contributed by atoms with E-state index in [1.54, 1.807) is 18.2 Å². The first kappa shape index (κ1) is 26.9. The predicted molar refractivity (Wildman–Crippen MR) is 154 cm³/mol. The van der Waals surface area contributed by atoms with Crippen molar-refractivity contribution < 1.29 is 23.8 Å². The number of benzene rings is 3. The molecule has 2 N–H and O–H groups in total. The van der Waals surface area contributed by atoms with Gasteiger partial charge >= 0.3 is 0 Å². The summed E-state index contributed by atoms with van der Waals surface area (Å²) in [5.41, 5.74) is 3.12. The van der Waals surface area contributed by atoms with Crippen LogP contribution in [0.5, 0.6) is 17.2 Å². The van der Waals surface area contributed by atoms with Gasteiger partial charge in [-0.15, -0.1) is 0 Å². The van der Waals surface area contributed by atoms with Crippen LogP contribution in [0.1, 0.15) is 21.6 Å². The quantitative estimate of drug-likeness (QED) is 0.383. The maximum absolute atomic E-state index is 13.4. The molecular formula is C31H29ClN4O5. The van der Waals surface area contributed by atoms with Gasteiger partial charge in [-0.3, -0.25) is 19.5 Å². The topological polar surface area (TPSA) is 102 Å². The molecule has 0 spiro atoms. The molecule has 1 saturated heterocycles. The number of fused-ring (bicyclic) bond motifs is 8. The molecule has 2 amide bonds. The van der Waals surface area contributed by atoms with Crippen molar-refractivity contribution in [2.45, 2.75) is 25.2 Å². The van der Waals surface area contributed by atoms with Gasteiger partial charge in [-0.25, -0.2) is 0 Å². The van der Waals surface area contributed by atoms with Gasteiger partial charge in [0.1, 0.15) is 11.9 Å². The summed E-state index contributed by atoms with van der Waals surface area (Å²) in [6.45, 7) is 1.92. The highest BCUT2D eigenvalue weighted by molar-refractivity contribution is 6.31. The van der Waals surface area contributed by atoms with Gasteiger partial charge in [0.05, 0.1) is 24.4 Å². The molecule has 3 aliphatic rings. The molecule has 0 unspecified atom stereocenters. The molecule has 0 radical (unpaired) electrons. The summed E-state index contributed by atoms with van der Waals surface area (Å²) in [6, 6.07) is 21.9. The molecular weight excluding hydrogens is 544 g/mol. The smallest absolute Gasteiger partial charge is 0.258 e. The Morgan fingerprint density at radius 2 is 1.88 bits per heavy atom. The second-order valence-electron chi connectivity index (χ2n) is 10.1. The molecule has 4 heterocycles. The summed E-state index contributed by atoms with van der Waals surface area (Å²) < 4.78 is 17.5. The fraction of sp³-hybridized carbons (Fsp3) is 0.258. The highest BCUT2D eigenvalue weighted by atomic mass is 35.5. The van der Waals surface area contributed by atoms with E-state index in [-0.39, 0.29) is 30.6 Å². The van der Waals surface area contributed by atoms with Crippen LogP contribution in [0, 0.1) is 0 Å². The lowest BCUT2D eigenvalue weighted by Gasteiger charge is -2.21. The van der Waals surface area contributed by atoms with Gasteiger partial charge in [-0.1, -0.05) is 29.8 Å². The number of rotatable bonds is 3. The minimum Gasteiger partial charge on any atom is -0.493 e. The lowest BCUT2D eigenvalue weighted by molar-refractivity contribution is -0.123. The Kier molecular flexibility index (Phi) is 7.63. The van der Waals surface area contributed by atoms with Gasteiger partial charge in [0.15, 0.2) is 18.1 Å². The van der Waals surface area contributed by atoms with Crippen LogP contribution in [0.2, 0.25) is 5.02 Å². The number of nitrogens with one attached hydrogen (secondary N) is 2. The fourth-order valence-electron chi connectivity index (χ4n) is 5.13. The van der Waals surface area contributed by atoms with E-state index in [0.29, 0.717) is 54.0 Å². The summed E-state index contributed by atoms with van der Waals surface area (Å²) in [5, 5.41) is 7.66. The van der Waals surface area contributed by atoms with Gasteiger partial charge in [0.25, 0.3) is 11.8 Å². The number of hydrogen-bond acceptors (Lipinski definition) is 7. The zero-order valence-corrected chi connectivity index (χ0v) is 23.2. The van der Waals surface area contributed by atoms with Crippen molar-refractivity contribution in [1.29, 1.82) is 0 Å². The van der Waals surface area contributed by atoms with Crippen molar-refractivity contribution in [3.63, 3.8) is 0 Å². The van der Waals surface area contributed by atoms with Gasteiger partial charge in [0, 0.05) is 42.2 Å². The molecule has 7 rings (SSSR count). The first-order valence-electron chi connectivity index (χ1n) is 13.3. The minimum atomic E-state index is -0.298. The van der Waals surface area contributed by atoms with Crippen LogP contribution >= 0.6 is 11.6 Å². The van der Waals surface area contributed by atoms with E-state index in [0.717, 1.165) is 22.2 Å². The standard InChI is InChI=1S/C31H29ClN4O5/c1-39-27-11-5-21-13-28(27)40-18-30(37)33-14-19-2-8-24(9-3-19)41-29-17-36(16-26(29)35-31(21)38)15-23-7-4-20-12-22(32)6-10-25(20)34-23/h2-13,26,29H,14-18H2,1H3,(H,33,37)(H,35,38)/t26-,29-/m0/s1. The fourth-order valence-corrected chi connectivity index (χ4v) is 5.31. The van der Waals surface area contributed by atoms with Gasteiger partial charge < -0.3 is 24.8 Å². The maximum Gasteiger partial charge on any atom is 0.258 e. The first-order valence-corrected chi connectivity index (χ1v) is 13.7. The van der Waals surface area contributed by atoms with Crippen LogP contribution in [0.4, 0.5) is 0 Å². The van der Waals surface area contributed by atoms with Crippen molar-refractivity contribution in [2.75, 3.05) is 26.8 Å². The van der Waals surface area contributed by atoms with Crippen LogP contribution in [-0.2, 0) is 17.9 Å². The number of amides is 2. The normalized spacial score (nSPS) is 19.5. The Morgan fingerprint density at radius 1 is 1.02 bits per heavy atom. The van der Waals surface area contributed by atoms with Crippen molar-refractivity contribution in [2.24, 2.45) is 0 Å². The lowest BCUT2D eigenvalue weighted by Crippen LogP contribution is -2.45. The molecule has 210 valence electrons. The molecule has 1 aromatic heterocycles. The van der Waals surface area contributed by atoms with Crippen LogP contribution in [0.3, 0.4) is 0 Å². The van der Waals surface area contributed by atoms with Crippen molar-refractivity contribution in [3.8, 4) is 17.2 Å². The highest BCUT2D eigenvalue weighted by Crippen LogP contribution is 2.29. The zero-order valence-electron chi connectivity index (χ0n) is 22.4. The largest absolute Gasteiger partial charge is 0.493 e. The van der Waals surface area contributed by atoms with E-state index in [4.69, 9.17) is 30.8 Å². The van der Waals surface area contributed by atoms with E-state index in [2.05, 4.69) is 15.5 Å². The number of likely N-dealkylation sites (tertiary alicyclic amines) is 1. The number of halogens is 1. The van der Waals surface area contributed by atoms with E-state index in [9.17, 15) is 9.59 Å². The number of carbonyl (C=O) groups is 2. The average molecular weight is 573 g/mol. The van der Waals surface area contributed by atoms with Crippen LogP contribution < -0.4 is 24.8 Å². The maximum atomic E-state index is 13.4. The second-order valence-corrected chi connectivity index (χ2v) is 10.6. The molecule has 4 bridgehead atoms. The lowest BCUT2D eigenvalue weighted by atomic mass is 10.1. The monoisotopic (exact) mass is 572 g/mol. The van der Waals surface area contributed by atoms with Crippen molar-refractivity contribution in [1.82, 2.24) is 20.5 Å². The molecule has 3 aromatic carbocycles. The zero-order chi connectivity index (χ0) is 28.3. The highest BCUT2D eigenvalue weighted by Gasteiger charge is 2.36. The molecule has 41 heavy (non-hydrogen) atoms. The van der Waals surface area contributed by atoms with Crippen molar-refractivity contribution in [3.05, 3.63) is 94.6 Å². The molecule has 0 aliphatic carbocycles. The molecule has 9 nitrogen and oxygen atoms in total. The summed E-state index contributed by atoms with van der Waals surface area (Å²) in [5.74, 6) is 0.869. The Morgan fingerprint density at radius 3 is 2.71 bits per heavy atom. The number of hydrogen-bond donors (Lipinski definition) is 2. The Labute approximate surface area is 242 Å². The Balaban J connectivity index is 1.26. The SMILES string of the molecule is COc1ccc2cc1OCC(=O)NCc1ccc(cc1)O[C@H]1CN(Cc3ccc4cc(Cl)ccc4n3)C[C@@H]1NC2=O. The summed E-state index contributed by atoms with van der Waals surface area (Å²) in [6.07, 6.45) is -0.298. The number of carbonyl (C=O) groups excluding carboxylic acids is 2. The van der Waals surface area contributed by atoms with E-state index >= 15 is 0 Å². The number of aromatic nitrogens is 1. The van der Waals surface area contributed by atoms with Gasteiger partial charge in [0.2, 0.25) is 0 Å². The second kappa shape index (κ2) is 11.6. The number of nitrogens with zero attached hydrogens (tertiary/aromatic N) is 2. The summed E-state index contributed by atoms with van der Waals surface area (Å²) in [7, 11) is 1.51. The molecule has 1 fully saturated rings. The Bertz CT molecular complexity index is 1600. The number of methoxy groups -OCH3 is 1. The molecule has 4 aromatic rings. The third-order valence-electron chi connectivity index (χ3n) is 7.24. The number of ether oxygens (including phenoxy) is 3. The summed E-state index contributed by atoms with van der Waals surface area (Å²) >= 11 is 6.13.